The molecule has 51 heavy (non-hydrogen) atoms. The van der Waals surface area contributed by atoms with Gasteiger partial charge in [-0.1, -0.05) is 63.8 Å². The molecule has 0 radical (unpaired) electrons. The number of carbonyl (C=O) groups excluding carboxylic acids is 1. The van der Waals surface area contributed by atoms with E-state index in [9.17, 15) is 26.7 Å². The lowest BCUT2D eigenvalue weighted by Gasteiger charge is -2.08. The van der Waals surface area contributed by atoms with E-state index in [1.165, 1.54) is 66.8 Å². The van der Waals surface area contributed by atoms with Gasteiger partial charge >= 0.3 is 0 Å². The molecule has 0 fully saturated rings. The Labute approximate surface area is 300 Å². The molecule has 0 atom stereocenters. The smallest absolute Gasteiger partial charge is 0.211 e. The van der Waals surface area contributed by atoms with Crippen molar-refractivity contribution in [2.75, 3.05) is 7.11 Å². The molecule has 11 heteroatoms. The summed E-state index contributed by atoms with van der Waals surface area (Å²) in [5, 5.41) is 12.5. The van der Waals surface area contributed by atoms with Crippen LogP contribution in [0.15, 0.2) is 147 Å². The lowest BCUT2D eigenvalue weighted by atomic mass is 10.1. The molecule has 0 saturated heterocycles. The van der Waals surface area contributed by atoms with E-state index in [0.717, 1.165) is 25.2 Å². The largest absolute Gasteiger partial charge is 0.871 e. The van der Waals surface area contributed by atoms with Crippen molar-refractivity contribution in [3.63, 3.8) is 0 Å². The Bertz CT molecular complexity index is 2230. The summed E-state index contributed by atoms with van der Waals surface area (Å²) in [6.07, 6.45) is 13.3. The monoisotopic (exact) mass is 725 g/mol. The standard InChI is InChI=1S/C22H16O7S2.C18H26N2/c1-29-14(10-12-19-21(23)15-6-2-4-8-17(15)30(19,25)26)11-13-20-22(24)16-7-3-5-9-18(16)31(20,27)28;1-15(2)13-19-9-5-17(6-10-19)18-7-11-20(12-8-18)14-16(3)4/h2-13,23H,1H3;5-12,15-16H,13-14H2,1-4H3/q;+2/p-1. The van der Waals surface area contributed by atoms with Crippen molar-refractivity contribution in [3.05, 3.63) is 149 Å². The van der Waals surface area contributed by atoms with Gasteiger partial charge in [-0.05, 0) is 59.2 Å². The summed E-state index contributed by atoms with van der Waals surface area (Å²) in [5.74, 6) is 0.141. The third-order valence-corrected chi connectivity index (χ3v) is 11.8. The van der Waals surface area contributed by atoms with E-state index in [-0.39, 0.29) is 26.7 Å². The molecular formula is C40H41N2O7S2+. The Kier molecular flexibility index (Phi) is 11.2. The zero-order valence-corrected chi connectivity index (χ0v) is 30.8. The van der Waals surface area contributed by atoms with Gasteiger partial charge in [0, 0.05) is 41.7 Å². The van der Waals surface area contributed by atoms with Crippen molar-refractivity contribution >= 4 is 31.2 Å². The van der Waals surface area contributed by atoms with Crippen molar-refractivity contribution in [1.82, 2.24) is 0 Å². The second-order valence-corrected chi connectivity index (χ2v) is 16.8. The first-order valence-electron chi connectivity index (χ1n) is 16.5. The predicted molar refractivity (Wildman–Crippen MR) is 193 cm³/mol. The quantitative estimate of drug-likeness (QED) is 0.0982. The van der Waals surface area contributed by atoms with Gasteiger partial charge in [0.25, 0.3) is 0 Å². The lowest BCUT2D eigenvalue weighted by Crippen LogP contribution is -2.35. The number of sulfone groups is 2. The van der Waals surface area contributed by atoms with Gasteiger partial charge in [0.1, 0.15) is 10.7 Å². The molecular weight excluding hydrogens is 685 g/mol. The highest BCUT2D eigenvalue weighted by Gasteiger charge is 2.38. The van der Waals surface area contributed by atoms with Crippen LogP contribution < -0.4 is 14.2 Å². The third kappa shape index (κ3) is 8.10. The number of benzene rings is 2. The van der Waals surface area contributed by atoms with E-state index in [4.69, 9.17) is 4.74 Å². The molecule has 9 nitrogen and oxygen atoms in total. The summed E-state index contributed by atoms with van der Waals surface area (Å²) in [7, 11) is -6.63. The number of methoxy groups -OCH3 is 1. The van der Waals surface area contributed by atoms with Gasteiger partial charge in [-0.15, -0.1) is 0 Å². The highest BCUT2D eigenvalue weighted by atomic mass is 32.2. The number of allylic oxidation sites excluding steroid dienone is 5. The van der Waals surface area contributed by atoms with Gasteiger partial charge in [-0.3, -0.25) is 4.79 Å². The average molecular weight is 726 g/mol. The number of ether oxygens (including phenoxy) is 1. The number of ketones is 1. The SMILES string of the molecule is CC(C)C[n+]1ccc(-c2cc[n+](CC(C)C)cc2)cc1.COC(C=CC1=C([O-])c2ccccc2S1(=O)=O)=CC=C1C(=O)c2ccccc2S1(=O)=O. The van der Waals surface area contributed by atoms with Gasteiger partial charge in [0.2, 0.25) is 25.5 Å². The Balaban J connectivity index is 0.000000218. The Hall–Kier alpha value is -5.13. The van der Waals surface area contributed by atoms with Crippen LogP contribution in [0.2, 0.25) is 0 Å². The van der Waals surface area contributed by atoms with Crippen molar-refractivity contribution in [3.8, 4) is 11.1 Å². The third-order valence-electron chi connectivity index (χ3n) is 8.17. The van der Waals surface area contributed by atoms with E-state index in [2.05, 4.69) is 85.9 Å². The molecule has 0 aliphatic carbocycles. The van der Waals surface area contributed by atoms with E-state index >= 15 is 0 Å². The van der Waals surface area contributed by atoms with E-state index < -0.39 is 41.0 Å². The van der Waals surface area contributed by atoms with Gasteiger partial charge < -0.3 is 9.84 Å². The molecule has 2 aromatic heterocycles. The number of Topliss-reactive ketones (excluding diaryl/α,β-unsaturated/α-hetero) is 1. The van der Waals surface area contributed by atoms with Crippen LogP contribution in [0.3, 0.4) is 0 Å². The van der Waals surface area contributed by atoms with Gasteiger partial charge in [-0.2, -0.15) is 0 Å². The van der Waals surface area contributed by atoms with E-state index in [0.29, 0.717) is 11.8 Å². The molecule has 0 bridgehead atoms. The number of nitrogens with zero attached hydrogens (tertiary/aromatic N) is 2. The predicted octanol–water partition coefficient (Wildman–Crippen LogP) is 5.38. The summed E-state index contributed by atoms with van der Waals surface area (Å²) in [6, 6.07) is 20.6. The molecule has 0 spiro atoms. The fourth-order valence-corrected chi connectivity index (χ4v) is 8.84. The summed E-state index contributed by atoms with van der Waals surface area (Å²) >= 11 is 0. The highest BCUT2D eigenvalue weighted by Crippen LogP contribution is 2.37. The molecule has 2 aliphatic heterocycles. The van der Waals surface area contributed by atoms with Crippen LogP contribution in [-0.4, -0.2) is 29.7 Å². The number of hydrogen-bond donors (Lipinski definition) is 0. The molecule has 2 aliphatic rings. The van der Waals surface area contributed by atoms with E-state index in [1.807, 2.05) is 0 Å². The maximum Gasteiger partial charge on any atom is 0.211 e. The van der Waals surface area contributed by atoms with Gasteiger partial charge in [0.15, 0.2) is 37.9 Å². The number of hydrogen-bond acceptors (Lipinski definition) is 7. The maximum atomic E-state index is 12.6. The van der Waals surface area contributed by atoms with Crippen molar-refractivity contribution < 1.29 is 40.6 Å². The average Bonchev–Trinajstić information content (AvgIpc) is 3.42. The Morgan fingerprint density at radius 2 is 1.20 bits per heavy atom. The van der Waals surface area contributed by atoms with Gasteiger partial charge in [-0.25, -0.2) is 26.0 Å². The number of aromatic nitrogens is 2. The molecule has 0 saturated carbocycles. The van der Waals surface area contributed by atoms with E-state index in [1.54, 1.807) is 12.1 Å². The van der Waals surface area contributed by atoms with Crippen LogP contribution in [0.5, 0.6) is 0 Å². The second kappa shape index (κ2) is 15.4. The molecule has 4 heterocycles. The number of rotatable bonds is 9. The lowest BCUT2D eigenvalue weighted by molar-refractivity contribution is -0.702. The number of pyridine rings is 2. The van der Waals surface area contributed by atoms with Crippen LogP contribution in [0, 0.1) is 11.8 Å². The molecule has 0 N–H and O–H groups in total. The summed E-state index contributed by atoms with van der Waals surface area (Å²) in [5.41, 5.74) is 2.74. The van der Waals surface area contributed by atoms with Crippen LogP contribution in [0.25, 0.3) is 16.9 Å². The number of carbonyl (C=O) groups is 1. The van der Waals surface area contributed by atoms with Crippen LogP contribution >= 0.6 is 0 Å². The first kappa shape index (κ1) is 37.1. The maximum absolute atomic E-state index is 12.6. The molecule has 0 unspecified atom stereocenters. The van der Waals surface area contributed by atoms with Crippen molar-refractivity contribution in [1.29, 1.82) is 0 Å². The Morgan fingerprint density at radius 1 is 0.725 bits per heavy atom. The normalized spacial score (nSPS) is 16.8. The molecule has 2 aromatic carbocycles. The van der Waals surface area contributed by atoms with Crippen LogP contribution in [-0.2, 0) is 37.5 Å². The summed E-state index contributed by atoms with van der Waals surface area (Å²) in [4.78, 5) is 11.5. The minimum Gasteiger partial charge on any atom is -0.871 e. The molecule has 264 valence electrons. The summed E-state index contributed by atoms with van der Waals surface area (Å²) in [6.45, 7) is 11.1. The topological polar surface area (TPSA) is 125 Å². The number of fused-ring (bicyclic) bond motifs is 2. The highest BCUT2D eigenvalue weighted by molar-refractivity contribution is 7.97. The second-order valence-electron chi connectivity index (χ2n) is 13.0. The minimum absolute atomic E-state index is 0.0536. The zero-order valence-electron chi connectivity index (χ0n) is 29.2. The minimum atomic E-state index is -3.96. The van der Waals surface area contributed by atoms with Crippen molar-refractivity contribution in [2.24, 2.45) is 11.8 Å². The first-order valence-corrected chi connectivity index (χ1v) is 19.5. The molecule has 4 aromatic rings. The molecule has 0 amide bonds. The zero-order chi connectivity index (χ0) is 36.9. The van der Waals surface area contributed by atoms with Crippen LogP contribution in [0.4, 0.5) is 0 Å². The van der Waals surface area contributed by atoms with Gasteiger partial charge in [0.05, 0.1) is 21.8 Å². The fourth-order valence-electron chi connectivity index (χ4n) is 5.75. The van der Waals surface area contributed by atoms with Crippen molar-refractivity contribution in [2.45, 2.75) is 50.6 Å². The first-order chi connectivity index (χ1) is 24.2. The van der Waals surface area contributed by atoms with Crippen LogP contribution in [0.1, 0.15) is 43.6 Å². The Morgan fingerprint density at radius 3 is 1.65 bits per heavy atom. The fraction of sp³-hybridized carbons (Fsp3) is 0.225. The molecule has 6 rings (SSSR count). The summed E-state index contributed by atoms with van der Waals surface area (Å²) < 4.78 is 60.1.